The molecule has 1 saturated heterocycles. The number of pyridine rings is 1. The standard InChI is InChI=1S/C25H32ClN3O3S/c1-5-24(3,33(4)31)22-17(2)14-19(16-27-22)32-13-12-29-10-8-25(9-11-29)20-15-18(26)6-7-21(20)28-23(25)30/h6-7,14-16H,5,8-13H2,1-4H3,(H,28,30). The highest BCUT2D eigenvalue weighted by molar-refractivity contribution is 7.85. The van der Waals surface area contributed by atoms with Gasteiger partial charge in [-0.2, -0.15) is 0 Å². The molecule has 2 atom stereocenters. The molecule has 0 bridgehead atoms. The number of halogens is 1. The Hall–Kier alpha value is -1.96. The number of benzene rings is 1. The molecule has 2 aliphatic rings. The fourth-order valence-corrected chi connectivity index (χ4v) is 6.09. The number of carbonyl (C=O) groups excluding carboxylic acids is 1. The second-order valence-electron chi connectivity index (χ2n) is 9.29. The van der Waals surface area contributed by atoms with Gasteiger partial charge in [-0.1, -0.05) is 18.5 Å². The molecule has 2 unspecified atom stereocenters. The minimum Gasteiger partial charge on any atom is -0.491 e. The second kappa shape index (κ2) is 9.35. The third kappa shape index (κ3) is 4.43. The average molecular weight is 490 g/mol. The van der Waals surface area contributed by atoms with Crippen molar-refractivity contribution in [2.75, 3.05) is 37.8 Å². The van der Waals surface area contributed by atoms with Crippen molar-refractivity contribution < 1.29 is 13.7 Å². The molecule has 178 valence electrons. The molecule has 1 fully saturated rings. The largest absolute Gasteiger partial charge is 0.491 e. The normalized spacial score (nSPS) is 20.2. The summed E-state index contributed by atoms with van der Waals surface area (Å²) in [5, 5.41) is 3.70. The fourth-order valence-electron chi connectivity index (χ4n) is 5.02. The van der Waals surface area contributed by atoms with Crippen LogP contribution in [0.5, 0.6) is 5.75 Å². The number of ether oxygens (including phenoxy) is 1. The van der Waals surface area contributed by atoms with Crippen LogP contribution in [-0.4, -0.2) is 52.5 Å². The number of carbonyl (C=O) groups is 1. The fraction of sp³-hybridized carbons (Fsp3) is 0.520. The summed E-state index contributed by atoms with van der Waals surface area (Å²) < 4.78 is 17.8. The van der Waals surface area contributed by atoms with Crippen molar-refractivity contribution >= 4 is 34.0 Å². The third-order valence-corrected chi connectivity index (χ3v) is 9.42. The predicted octanol–water partition coefficient (Wildman–Crippen LogP) is 4.41. The van der Waals surface area contributed by atoms with Gasteiger partial charge in [0.2, 0.25) is 5.91 Å². The maximum atomic E-state index is 12.8. The highest BCUT2D eigenvalue weighted by Gasteiger charge is 2.48. The monoisotopic (exact) mass is 489 g/mol. The second-order valence-corrected chi connectivity index (χ2v) is 11.5. The molecule has 2 aliphatic heterocycles. The Kier molecular flexibility index (Phi) is 6.85. The third-order valence-electron chi connectivity index (χ3n) is 7.43. The number of hydrogen-bond acceptors (Lipinski definition) is 5. The van der Waals surface area contributed by atoms with Gasteiger partial charge in [0.25, 0.3) is 0 Å². The molecule has 2 aromatic rings. The van der Waals surface area contributed by atoms with E-state index in [-0.39, 0.29) is 5.91 Å². The first-order chi connectivity index (χ1) is 15.7. The lowest BCUT2D eigenvalue weighted by Crippen LogP contribution is -2.47. The number of aryl methyl sites for hydroxylation is 1. The lowest BCUT2D eigenvalue weighted by molar-refractivity contribution is -0.122. The van der Waals surface area contributed by atoms with Crippen LogP contribution < -0.4 is 10.1 Å². The SMILES string of the molecule is CCC(C)(c1ncc(OCCN2CCC3(CC2)C(=O)Nc2ccc(Cl)cc23)cc1C)S(C)=O. The lowest BCUT2D eigenvalue weighted by atomic mass is 9.73. The molecule has 1 N–H and O–H groups in total. The molecule has 3 heterocycles. The maximum Gasteiger partial charge on any atom is 0.235 e. The molecule has 33 heavy (non-hydrogen) atoms. The van der Waals surface area contributed by atoms with E-state index in [0.29, 0.717) is 11.6 Å². The predicted molar refractivity (Wildman–Crippen MR) is 134 cm³/mol. The topological polar surface area (TPSA) is 71.5 Å². The van der Waals surface area contributed by atoms with Gasteiger partial charge >= 0.3 is 0 Å². The van der Waals surface area contributed by atoms with Crippen molar-refractivity contribution in [1.29, 1.82) is 0 Å². The van der Waals surface area contributed by atoms with Gasteiger partial charge in [-0.25, -0.2) is 0 Å². The first-order valence-corrected chi connectivity index (χ1v) is 13.4. The van der Waals surface area contributed by atoms with Crippen LogP contribution in [0.4, 0.5) is 5.69 Å². The van der Waals surface area contributed by atoms with Gasteiger partial charge < -0.3 is 10.1 Å². The van der Waals surface area contributed by atoms with Crippen LogP contribution in [0.2, 0.25) is 5.02 Å². The number of piperidine rings is 1. The first-order valence-electron chi connectivity index (χ1n) is 11.5. The van der Waals surface area contributed by atoms with Crippen LogP contribution in [0.3, 0.4) is 0 Å². The molecule has 1 spiro atoms. The van der Waals surface area contributed by atoms with Crippen molar-refractivity contribution in [2.24, 2.45) is 0 Å². The number of anilines is 1. The highest BCUT2D eigenvalue weighted by atomic mass is 35.5. The van der Waals surface area contributed by atoms with Crippen LogP contribution in [0.15, 0.2) is 30.5 Å². The molecule has 6 nitrogen and oxygen atoms in total. The Morgan fingerprint density at radius 3 is 2.67 bits per heavy atom. The molecular weight excluding hydrogens is 458 g/mol. The van der Waals surface area contributed by atoms with Crippen molar-refractivity contribution in [3.63, 3.8) is 0 Å². The van der Waals surface area contributed by atoms with Crippen LogP contribution in [-0.2, 0) is 25.8 Å². The van der Waals surface area contributed by atoms with E-state index in [1.807, 2.05) is 45.0 Å². The number of rotatable bonds is 7. The molecule has 1 amide bonds. The van der Waals surface area contributed by atoms with Crippen molar-refractivity contribution in [2.45, 2.75) is 50.2 Å². The minimum absolute atomic E-state index is 0.0874. The molecule has 0 radical (unpaired) electrons. The Balaban J connectivity index is 1.34. The van der Waals surface area contributed by atoms with Gasteiger partial charge in [0.05, 0.1) is 22.1 Å². The molecular formula is C25H32ClN3O3S. The summed E-state index contributed by atoms with van der Waals surface area (Å²) in [5.74, 6) is 0.813. The molecule has 0 aliphatic carbocycles. The van der Waals surface area contributed by atoms with E-state index in [9.17, 15) is 9.00 Å². The summed E-state index contributed by atoms with van der Waals surface area (Å²) in [6, 6.07) is 7.63. The Bertz CT molecular complexity index is 1080. The van der Waals surface area contributed by atoms with Gasteiger partial charge in [-0.05, 0) is 81.6 Å². The van der Waals surface area contributed by atoms with Gasteiger partial charge in [-0.3, -0.25) is 18.9 Å². The first kappa shape index (κ1) is 24.2. The molecule has 0 saturated carbocycles. The van der Waals surface area contributed by atoms with E-state index in [4.69, 9.17) is 16.3 Å². The van der Waals surface area contributed by atoms with Crippen LogP contribution in [0, 0.1) is 6.92 Å². The average Bonchev–Trinajstić information content (AvgIpc) is 3.05. The number of aromatic nitrogens is 1. The zero-order valence-corrected chi connectivity index (χ0v) is 21.3. The number of hydrogen-bond donors (Lipinski definition) is 1. The summed E-state index contributed by atoms with van der Waals surface area (Å²) >= 11 is 6.21. The zero-order chi connectivity index (χ0) is 23.8. The summed E-state index contributed by atoms with van der Waals surface area (Å²) in [5.41, 5.74) is 3.31. The number of nitrogens with one attached hydrogen (secondary N) is 1. The van der Waals surface area contributed by atoms with E-state index in [0.717, 1.165) is 67.2 Å². The Morgan fingerprint density at radius 2 is 2.03 bits per heavy atom. The van der Waals surface area contributed by atoms with E-state index in [1.165, 1.54) is 0 Å². The van der Waals surface area contributed by atoms with Gasteiger partial charge in [0.1, 0.15) is 12.4 Å². The summed E-state index contributed by atoms with van der Waals surface area (Å²) in [4.78, 5) is 19.7. The zero-order valence-electron chi connectivity index (χ0n) is 19.7. The maximum absolute atomic E-state index is 12.8. The number of likely N-dealkylation sites (tertiary alicyclic amines) is 1. The van der Waals surface area contributed by atoms with E-state index < -0.39 is 21.0 Å². The van der Waals surface area contributed by atoms with E-state index in [2.05, 4.69) is 15.2 Å². The van der Waals surface area contributed by atoms with Crippen LogP contribution in [0.1, 0.15) is 49.9 Å². The van der Waals surface area contributed by atoms with E-state index >= 15 is 0 Å². The van der Waals surface area contributed by atoms with Gasteiger partial charge in [-0.15, -0.1) is 0 Å². The smallest absolute Gasteiger partial charge is 0.235 e. The number of nitrogens with zero attached hydrogens (tertiary/aromatic N) is 2. The van der Waals surface area contributed by atoms with E-state index in [1.54, 1.807) is 12.5 Å². The Morgan fingerprint density at radius 1 is 1.30 bits per heavy atom. The van der Waals surface area contributed by atoms with Gasteiger partial charge in [0, 0.05) is 34.3 Å². The molecule has 1 aromatic heterocycles. The van der Waals surface area contributed by atoms with Crippen molar-refractivity contribution in [3.8, 4) is 5.75 Å². The quantitative estimate of drug-likeness (QED) is 0.623. The highest BCUT2D eigenvalue weighted by Crippen LogP contribution is 2.45. The molecule has 4 rings (SSSR count). The van der Waals surface area contributed by atoms with Crippen molar-refractivity contribution in [1.82, 2.24) is 9.88 Å². The van der Waals surface area contributed by atoms with Gasteiger partial charge in [0.15, 0.2) is 0 Å². The van der Waals surface area contributed by atoms with Crippen LogP contribution >= 0.6 is 11.6 Å². The lowest BCUT2D eigenvalue weighted by Gasteiger charge is -2.38. The van der Waals surface area contributed by atoms with Crippen LogP contribution in [0.25, 0.3) is 0 Å². The molecule has 8 heteroatoms. The number of fused-ring (bicyclic) bond motifs is 2. The summed E-state index contributed by atoms with van der Waals surface area (Å²) in [6.45, 7) is 9.03. The van der Waals surface area contributed by atoms with Crippen molar-refractivity contribution in [3.05, 3.63) is 52.3 Å². The minimum atomic E-state index is -1.01. The summed E-state index contributed by atoms with van der Waals surface area (Å²) in [7, 11) is -1.01. The molecule has 1 aromatic carbocycles. The Labute approximate surface area is 203 Å². The summed E-state index contributed by atoms with van der Waals surface area (Å²) in [6.07, 6.45) is 5.77. The number of amides is 1.